The number of carbonyl (C=O) groups is 1. The highest BCUT2D eigenvalue weighted by Crippen LogP contribution is 2.38. The fourth-order valence-electron chi connectivity index (χ4n) is 2.54. The van der Waals surface area contributed by atoms with Crippen molar-refractivity contribution in [2.45, 2.75) is 5.41 Å². The normalized spacial score (nSPS) is 11.2. The van der Waals surface area contributed by atoms with Gasteiger partial charge in [-0.15, -0.1) is 0 Å². The van der Waals surface area contributed by atoms with E-state index in [1.807, 2.05) is 12.1 Å². The van der Waals surface area contributed by atoms with Crippen LogP contribution >= 0.6 is 0 Å². The number of aromatic nitrogens is 1. The minimum absolute atomic E-state index is 0.146. The molecule has 0 atom stereocenters. The molecule has 0 radical (unpaired) electrons. The number of benzene rings is 2. The molecule has 0 aliphatic rings. The van der Waals surface area contributed by atoms with E-state index in [4.69, 9.17) is 4.42 Å². The zero-order valence-electron chi connectivity index (χ0n) is 11.1. The zero-order chi connectivity index (χ0) is 14.7. The number of nitrogens with zero attached hydrogens (tertiary/aromatic N) is 1. The largest absolute Gasteiger partial charge is 0.480 e. The van der Waals surface area contributed by atoms with Crippen molar-refractivity contribution in [2.24, 2.45) is 0 Å². The van der Waals surface area contributed by atoms with Crippen molar-refractivity contribution >= 4 is 5.97 Å². The number of carboxylic acids is 1. The van der Waals surface area contributed by atoms with Crippen LogP contribution in [0.3, 0.4) is 0 Å². The number of hydrogen-bond acceptors (Lipinski definition) is 3. The Kier molecular flexibility index (Phi) is 3.28. The Morgan fingerprint density at radius 2 is 1.48 bits per heavy atom. The fourth-order valence-corrected chi connectivity index (χ4v) is 2.54. The molecule has 0 amide bonds. The summed E-state index contributed by atoms with van der Waals surface area (Å²) in [7, 11) is 0. The molecule has 0 bridgehead atoms. The van der Waals surface area contributed by atoms with E-state index < -0.39 is 11.4 Å². The molecule has 1 heterocycles. The van der Waals surface area contributed by atoms with E-state index in [1.165, 1.54) is 12.5 Å². The number of rotatable bonds is 4. The van der Waals surface area contributed by atoms with Gasteiger partial charge in [0.15, 0.2) is 5.41 Å². The molecule has 3 rings (SSSR count). The first-order valence-corrected chi connectivity index (χ1v) is 6.50. The molecule has 1 N–H and O–H groups in total. The Labute approximate surface area is 121 Å². The van der Waals surface area contributed by atoms with Crippen molar-refractivity contribution in [1.82, 2.24) is 4.98 Å². The van der Waals surface area contributed by atoms with Gasteiger partial charge in [-0.2, -0.15) is 0 Å². The summed E-state index contributed by atoms with van der Waals surface area (Å²) in [6.07, 6.45) is 2.85. The number of carboxylic acid groups (broad SMARTS) is 1. The van der Waals surface area contributed by atoms with Gasteiger partial charge in [0.2, 0.25) is 5.89 Å². The van der Waals surface area contributed by atoms with E-state index in [-0.39, 0.29) is 5.89 Å². The lowest BCUT2D eigenvalue weighted by atomic mass is 9.74. The molecule has 0 saturated carbocycles. The first kappa shape index (κ1) is 13.1. The molecule has 0 unspecified atom stereocenters. The summed E-state index contributed by atoms with van der Waals surface area (Å²) in [5, 5.41) is 10.0. The topological polar surface area (TPSA) is 63.3 Å². The van der Waals surface area contributed by atoms with Crippen LogP contribution in [0.5, 0.6) is 0 Å². The van der Waals surface area contributed by atoms with E-state index in [2.05, 4.69) is 4.98 Å². The van der Waals surface area contributed by atoms with Crippen molar-refractivity contribution in [1.29, 1.82) is 0 Å². The molecule has 1 aromatic heterocycles. The van der Waals surface area contributed by atoms with Crippen LogP contribution in [-0.2, 0) is 10.2 Å². The van der Waals surface area contributed by atoms with Crippen LogP contribution in [0.25, 0.3) is 0 Å². The minimum atomic E-state index is -1.45. The number of oxazole rings is 1. The van der Waals surface area contributed by atoms with E-state index in [0.717, 1.165) is 0 Å². The lowest BCUT2D eigenvalue weighted by molar-refractivity contribution is -0.141. The van der Waals surface area contributed by atoms with Crippen LogP contribution in [0.1, 0.15) is 17.0 Å². The molecule has 2 aromatic carbocycles. The van der Waals surface area contributed by atoms with Gasteiger partial charge in [0.25, 0.3) is 0 Å². The van der Waals surface area contributed by atoms with Crippen molar-refractivity contribution in [3.8, 4) is 0 Å². The van der Waals surface area contributed by atoms with Crippen molar-refractivity contribution in [3.63, 3.8) is 0 Å². The lowest BCUT2D eigenvalue weighted by Crippen LogP contribution is -2.38. The fraction of sp³-hybridized carbons (Fsp3) is 0.0588. The van der Waals surface area contributed by atoms with E-state index in [0.29, 0.717) is 11.1 Å². The highest BCUT2D eigenvalue weighted by Gasteiger charge is 2.48. The second-order valence-electron chi connectivity index (χ2n) is 4.62. The van der Waals surface area contributed by atoms with Gasteiger partial charge in [-0.1, -0.05) is 60.7 Å². The first-order valence-electron chi connectivity index (χ1n) is 6.50. The summed E-state index contributed by atoms with van der Waals surface area (Å²) in [5.41, 5.74) is -0.247. The Hall–Kier alpha value is -2.88. The molecule has 0 fully saturated rings. The Morgan fingerprint density at radius 1 is 0.952 bits per heavy atom. The summed E-state index contributed by atoms with van der Waals surface area (Å²) in [4.78, 5) is 16.3. The van der Waals surface area contributed by atoms with Gasteiger partial charge in [0, 0.05) is 0 Å². The SMILES string of the molecule is O=C(O)C(c1ccccc1)(c1ccccc1)c1ncco1. The van der Waals surface area contributed by atoms with Crippen LogP contribution in [0.15, 0.2) is 77.5 Å². The Bertz CT molecular complexity index is 682. The highest BCUT2D eigenvalue weighted by atomic mass is 16.4. The van der Waals surface area contributed by atoms with Gasteiger partial charge in [-0.3, -0.25) is 4.79 Å². The number of hydrogen-bond donors (Lipinski definition) is 1. The van der Waals surface area contributed by atoms with Gasteiger partial charge in [0.05, 0.1) is 6.20 Å². The van der Waals surface area contributed by atoms with E-state index >= 15 is 0 Å². The minimum Gasteiger partial charge on any atom is -0.480 e. The molecule has 4 nitrogen and oxygen atoms in total. The van der Waals surface area contributed by atoms with E-state index in [9.17, 15) is 9.90 Å². The summed E-state index contributed by atoms with van der Waals surface area (Å²) in [6, 6.07) is 18.0. The van der Waals surface area contributed by atoms with Crippen molar-refractivity contribution < 1.29 is 14.3 Å². The molecule has 0 aliphatic carbocycles. The average molecular weight is 279 g/mol. The van der Waals surface area contributed by atoms with Crippen LogP contribution in [-0.4, -0.2) is 16.1 Å². The zero-order valence-corrected chi connectivity index (χ0v) is 11.1. The molecule has 21 heavy (non-hydrogen) atoms. The Balaban J connectivity index is 2.36. The van der Waals surface area contributed by atoms with Crippen LogP contribution in [0, 0.1) is 0 Å². The monoisotopic (exact) mass is 279 g/mol. The summed E-state index contributed by atoms with van der Waals surface area (Å²) >= 11 is 0. The number of aliphatic carboxylic acids is 1. The molecule has 0 spiro atoms. The maximum Gasteiger partial charge on any atom is 0.328 e. The van der Waals surface area contributed by atoms with Gasteiger partial charge < -0.3 is 9.52 Å². The summed E-state index contributed by atoms with van der Waals surface area (Å²) < 4.78 is 5.38. The maximum atomic E-state index is 12.2. The average Bonchev–Trinajstić information content (AvgIpc) is 3.04. The molecule has 0 aliphatic heterocycles. The third-order valence-electron chi connectivity index (χ3n) is 3.49. The van der Waals surface area contributed by atoms with Gasteiger partial charge in [-0.05, 0) is 11.1 Å². The molecule has 104 valence electrons. The van der Waals surface area contributed by atoms with Crippen LogP contribution in [0.4, 0.5) is 0 Å². The van der Waals surface area contributed by atoms with Gasteiger partial charge >= 0.3 is 5.97 Å². The predicted molar refractivity (Wildman–Crippen MR) is 76.9 cm³/mol. The second-order valence-corrected chi connectivity index (χ2v) is 4.62. The van der Waals surface area contributed by atoms with Gasteiger partial charge in [-0.25, -0.2) is 4.98 Å². The molecular formula is C17H13NO3. The molecule has 4 heteroatoms. The van der Waals surface area contributed by atoms with Gasteiger partial charge in [0.1, 0.15) is 6.26 Å². The molecular weight excluding hydrogens is 266 g/mol. The highest BCUT2D eigenvalue weighted by molar-refractivity contribution is 5.89. The van der Waals surface area contributed by atoms with E-state index in [1.54, 1.807) is 48.5 Å². The van der Waals surface area contributed by atoms with Crippen LogP contribution < -0.4 is 0 Å². The van der Waals surface area contributed by atoms with Crippen molar-refractivity contribution in [2.75, 3.05) is 0 Å². The molecule has 3 aromatic rings. The third kappa shape index (κ3) is 2.01. The quantitative estimate of drug-likeness (QED) is 0.797. The summed E-state index contributed by atoms with van der Waals surface area (Å²) in [5.74, 6) is -0.880. The lowest BCUT2D eigenvalue weighted by Gasteiger charge is -2.27. The summed E-state index contributed by atoms with van der Waals surface area (Å²) in [6.45, 7) is 0. The first-order chi connectivity index (χ1) is 10.3. The maximum absolute atomic E-state index is 12.2. The third-order valence-corrected chi connectivity index (χ3v) is 3.49. The van der Waals surface area contributed by atoms with Crippen LogP contribution in [0.2, 0.25) is 0 Å². The smallest absolute Gasteiger partial charge is 0.328 e. The second kappa shape index (κ2) is 5.25. The van der Waals surface area contributed by atoms with Crippen molar-refractivity contribution in [3.05, 3.63) is 90.1 Å². The predicted octanol–water partition coefficient (Wildman–Crippen LogP) is 3.09. The molecule has 0 saturated heterocycles. The Morgan fingerprint density at radius 3 is 1.86 bits per heavy atom. The standard InChI is InChI=1S/C17H13NO3/c19-16(20)17(15-18-11-12-21-15,13-7-3-1-4-8-13)14-9-5-2-6-10-14/h1-12H,(H,19,20).